The summed E-state index contributed by atoms with van der Waals surface area (Å²) in [6, 6.07) is 6.18. The van der Waals surface area contributed by atoms with Crippen LogP contribution in [0.4, 0.5) is 0 Å². The third-order valence-electron chi connectivity index (χ3n) is 5.92. The number of rotatable bonds is 8. The van der Waals surface area contributed by atoms with E-state index in [1.807, 2.05) is 6.92 Å². The number of ether oxygens (including phenoxy) is 1. The molecule has 0 aromatic heterocycles. The summed E-state index contributed by atoms with van der Waals surface area (Å²) in [6.45, 7) is 2.18. The summed E-state index contributed by atoms with van der Waals surface area (Å²) in [5, 5.41) is 12.7. The minimum Gasteiger partial charge on any atom is -0.394 e. The zero-order valence-electron chi connectivity index (χ0n) is 17.0. The minimum atomic E-state index is -3.67. The molecule has 1 aromatic carbocycles. The highest BCUT2D eigenvalue weighted by molar-refractivity contribution is 7.89. The van der Waals surface area contributed by atoms with Gasteiger partial charge in [0.15, 0.2) is 0 Å². The van der Waals surface area contributed by atoms with Crippen LogP contribution in [0.2, 0.25) is 0 Å². The van der Waals surface area contributed by atoms with Crippen LogP contribution in [-0.2, 0) is 19.6 Å². The van der Waals surface area contributed by atoms with Crippen molar-refractivity contribution >= 4 is 15.9 Å². The lowest BCUT2D eigenvalue weighted by Gasteiger charge is -2.36. The van der Waals surface area contributed by atoms with Crippen molar-refractivity contribution in [3.05, 3.63) is 29.8 Å². The minimum absolute atomic E-state index is 0.101. The summed E-state index contributed by atoms with van der Waals surface area (Å²) in [5.74, 6) is 0.272. The number of aliphatic hydroxyl groups excluding tert-OH is 1. The molecular formula is C21H32N2O5S. The molecule has 3 N–H and O–H groups in total. The third-order valence-corrected chi connectivity index (χ3v) is 7.43. The SMILES string of the molecule is Cc1ccc(S(=O)(=O)N[C@@H]2CC[C@@H](CCNC(=O)C3CCCC3)O[C@H]2CO)cc1. The van der Waals surface area contributed by atoms with Gasteiger partial charge in [0, 0.05) is 12.5 Å². The second-order valence-corrected chi connectivity index (χ2v) is 9.87. The van der Waals surface area contributed by atoms with Gasteiger partial charge in [0.05, 0.1) is 29.8 Å². The zero-order chi connectivity index (χ0) is 20.9. The number of hydrogen-bond donors (Lipinski definition) is 3. The zero-order valence-corrected chi connectivity index (χ0v) is 17.8. The van der Waals surface area contributed by atoms with Crippen LogP contribution < -0.4 is 10.0 Å². The van der Waals surface area contributed by atoms with Crippen LogP contribution in [0.1, 0.15) is 50.5 Å². The number of carbonyl (C=O) groups excluding carboxylic acids is 1. The summed E-state index contributed by atoms with van der Waals surface area (Å²) >= 11 is 0. The molecule has 0 spiro atoms. The van der Waals surface area contributed by atoms with Gasteiger partial charge in [0.2, 0.25) is 15.9 Å². The number of hydrogen-bond acceptors (Lipinski definition) is 5. The lowest BCUT2D eigenvalue weighted by Crippen LogP contribution is -2.51. The van der Waals surface area contributed by atoms with Crippen LogP contribution in [0, 0.1) is 12.8 Å². The Hall–Kier alpha value is -1.48. The first-order valence-electron chi connectivity index (χ1n) is 10.5. The highest BCUT2D eigenvalue weighted by atomic mass is 32.2. The molecule has 1 saturated heterocycles. The van der Waals surface area contributed by atoms with Crippen LogP contribution in [0.15, 0.2) is 29.2 Å². The summed E-state index contributed by atoms with van der Waals surface area (Å²) in [5.41, 5.74) is 0.987. The van der Waals surface area contributed by atoms with Crippen molar-refractivity contribution in [2.75, 3.05) is 13.2 Å². The number of carbonyl (C=O) groups is 1. The number of aliphatic hydroxyl groups is 1. The van der Waals surface area contributed by atoms with Gasteiger partial charge in [-0.1, -0.05) is 30.5 Å². The van der Waals surface area contributed by atoms with Crippen molar-refractivity contribution in [2.45, 2.75) is 75.0 Å². The van der Waals surface area contributed by atoms with E-state index in [9.17, 15) is 18.3 Å². The first kappa shape index (κ1) is 22.2. The molecule has 8 heteroatoms. The largest absolute Gasteiger partial charge is 0.394 e. The average Bonchev–Trinajstić information content (AvgIpc) is 3.24. The first-order valence-corrected chi connectivity index (χ1v) is 12.0. The van der Waals surface area contributed by atoms with Crippen LogP contribution in [-0.4, -0.2) is 50.8 Å². The number of sulfonamides is 1. The van der Waals surface area contributed by atoms with Gasteiger partial charge in [-0.25, -0.2) is 13.1 Å². The van der Waals surface area contributed by atoms with Crippen LogP contribution in [0.5, 0.6) is 0 Å². The van der Waals surface area contributed by atoms with E-state index in [-0.39, 0.29) is 29.4 Å². The van der Waals surface area contributed by atoms with Crippen molar-refractivity contribution in [2.24, 2.45) is 5.92 Å². The Bertz CT molecular complexity index is 775. The van der Waals surface area contributed by atoms with E-state index in [4.69, 9.17) is 4.74 Å². The fraction of sp³-hybridized carbons (Fsp3) is 0.667. The molecule has 162 valence electrons. The summed E-state index contributed by atoms with van der Waals surface area (Å²) in [6.07, 6.45) is 5.42. The molecule has 0 radical (unpaired) electrons. The van der Waals surface area contributed by atoms with Crippen molar-refractivity contribution in [3.63, 3.8) is 0 Å². The maximum absolute atomic E-state index is 12.6. The molecule has 3 atom stereocenters. The highest BCUT2D eigenvalue weighted by Crippen LogP contribution is 2.25. The summed E-state index contributed by atoms with van der Waals surface area (Å²) < 4.78 is 33.9. The van der Waals surface area contributed by atoms with E-state index in [1.165, 1.54) is 0 Å². The molecule has 2 aliphatic rings. The van der Waals surface area contributed by atoms with E-state index >= 15 is 0 Å². The molecule has 1 amide bonds. The molecule has 1 aliphatic heterocycles. The number of nitrogens with one attached hydrogen (secondary N) is 2. The summed E-state index contributed by atoms with van der Waals surface area (Å²) in [4.78, 5) is 12.3. The van der Waals surface area contributed by atoms with Crippen molar-refractivity contribution in [1.82, 2.24) is 10.0 Å². The molecule has 7 nitrogen and oxygen atoms in total. The third kappa shape index (κ3) is 6.01. The molecule has 1 aromatic rings. The van der Waals surface area contributed by atoms with Crippen LogP contribution >= 0.6 is 0 Å². The summed E-state index contributed by atoms with van der Waals surface area (Å²) in [7, 11) is -3.67. The van der Waals surface area contributed by atoms with Gasteiger partial charge >= 0.3 is 0 Å². The van der Waals surface area contributed by atoms with Crippen molar-refractivity contribution in [3.8, 4) is 0 Å². The van der Waals surface area contributed by atoms with E-state index in [0.717, 1.165) is 31.2 Å². The van der Waals surface area contributed by atoms with E-state index in [0.29, 0.717) is 25.8 Å². The Morgan fingerprint density at radius 1 is 1.14 bits per heavy atom. The van der Waals surface area contributed by atoms with Gasteiger partial charge in [-0.3, -0.25) is 4.79 Å². The maximum Gasteiger partial charge on any atom is 0.240 e. The molecule has 0 bridgehead atoms. The monoisotopic (exact) mass is 424 g/mol. The van der Waals surface area contributed by atoms with Crippen LogP contribution in [0.25, 0.3) is 0 Å². The van der Waals surface area contributed by atoms with Gasteiger partial charge in [-0.05, 0) is 51.2 Å². The second-order valence-electron chi connectivity index (χ2n) is 8.16. The Balaban J connectivity index is 1.48. The van der Waals surface area contributed by atoms with Crippen LogP contribution in [0.3, 0.4) is 0 Å². The van der Waals surface area contributed by atoms with Gasteiger partial charge < -0.3 is 15.2 Å². The quantitative estimate of drug-likeness (QED) is 0.591. The molecule has 1 saturated carbocycles. The number of amides is 1. The predicted octanol–water partition coefficient (Wildman–Crippen LogP) is 1.88. The second kappa shape index (κ2) is 10.0. The first-order chi connectivity index (χ1) is 13.9. The topological polar surface area (TPSA) is 105 Å². The lowest BCUT2D eigenvalue weighted by atomic mass is 9.98. The van der Waals surface area contributed by atoms with E-state index in [2.05, 4.69) is 10.0 Å². The highest BCUT2D eigenvalue weighted by Gasteiger charge is 2.34. The van der Waals surface area contributed by atoms with E-state index < -0.39 is 22.2 Å². The Morgan fingerprint density at radius 2 is 1.83 bits per heavy atom. The standard InChI is InChI=1S/C21H32N2O5S/c1-15-6-9-18(10-7-15)29(26,27)23-19-11-8-17(28-20(19)14-24)12-13-22-21(25)16-4-2-3-5-16/h6-7,9-10,16-17,19-20,23-24H,2-5,8,11-14H2,1H3,(H,22,25)/t17-,19+,20-/m0/s1. The van der Waals surface area contributed by atoms with Gasteiger partial charge in [-0.2, -0.15) is 0 Å². The molecular weight excluding hydrogens is 392 g/mol. The van der Waals surface area contributed by atoms with Gasteiger partial charge in [0.1, 0.15) is 0 Å². The number of benzene rings is 1. The number of aryl methyl sites for hydroxylation is 1. The average molecular weight is 425 g/mol. The molecule has 3 rings (SSSR count). The fourth-order valence-electron chi connectivity index (χ4n) is 4.15. The normalized spacial score (nSPS) is 25.8. The molecule has 1 aliphatic carbocycles. The molecule has 29 heavy (non-hydrogen) atoms. The Labute approximate surface area is 173 Å². The van der Waals surface area contributed by atoms with E-state index in [1.54, 1.807) is 24.3 Å². The predicted molar refractivity (Wildman–Crippen MR) is 110 cm³/mol. The molecule has 2 fully saturated rings. The van der Waals surface area contributed by atoms with Gasteiger partial charge in [0.25, 0.3) is 0 Å². The Morgan fingerprint density at radius 3 is 2.48 bits per heavy atom. The maximum atomic E-state index is 12.6. The smallest absolute Gasteiger partial charge is 0.240 e. The van der Waals surface area contributed by atoms with Crippen molar-refractivity contribution in [1.29, 1.82) is 0 Å². The molecule has 1 heterocycles. The van der Waals surface area contributed by atoms with Gasteiger partial charge in [-0.15, -0.1) is 0 Å². The molecule has 0 unspecified atom stereocenters. The Kier molecular flexibility index (Phi) is 7.67. The van der Waals surface area contributed by atoms with Crippen molar-refractivity contribution < 1.29 is 23.1 Å². The fourth-order valence-corrected chi connectivity index (χ4v) is 5.45. The lowest BCUT2D eigenvalue weighted by molar-refractivity contribution is -0.125.